The molecule has 0 unspecified atom stereocenters. The molecule has 2 aromatic carbocycles. The zero-order chi connectivity index (χ0) is 18.5. The number of amides is 1. The second-order valence-electron chi connectivity index (χ2n) is 6.17. The quantitative estimate of drug-likeness (QED) is 0.670. The van der Waals surface area contributed by atoms with Crippen LogP contribution in [0.5, 0.6) is 0 Å². The highest BCUT2D eigenvalue weighted by atomic mass is 35.5. The Bertz CT molecular complexity index is 862. The molecule has 0 fully saturated rings. The predicted molar refractivity (Wildman–Crippen MR) is 101 cm³/mol. The molecule has 0 aliphatic heterocycles. The number of carbonyl (C=O) groups excluding carboxylic acids is 1. The number of rotatable bonds is 6. The molecule has 0 bridgehead atoms. The number of nitrogens with zero attached hydrogens (tertiary/aromatic N) is 2. The van der Waals surface area contributed by atoms with E-state index in [0.717, 1.165) is 12.0 Å². The predicted octanol–water partition coefficient (Wildman–Crippen LogP) is 4.91. The van der Waals surface area contributed by atoms with E-state index in [-0.39, 0.29) is 17.9 Å². The first-order valence-corrected chi connectivity index (χ1v) is 8.91. The Morgan fingerprint density at radius 1 is 1.15 bits per heavy atom. The molecule has 0 saturated carbocycles. The number of benzene rings is 2. The van der Waals surface area contributed by atoms with Gasteiger partial charge in [0, 0.05) is 16.1 Å². The molecule has 26 heavy (non-hydrogen) atoms. The molecule has 2 atom stereocenters. The number of halogens is 1. The van der Waals surface area contributed by atoms with E-state index in [9.17, 15) is 4.79 Å². The fourth-order valence-electron chi connectivity index (χ4n) is 2.57. The number of hydrogen-bond donors (Lipinski definition) is 1. The van der Waals surface area contributed by atoms with Crippen LogP contribution in [0.15, 0.2) is 59.1 Å². The van der Waals surface area contributed by atoms with Crippen molar-refractivity contribution >= 4 is 17.5 Å². The van der Waals surface area contributed by atoms with Gasteiger partial charge in [-0.3, -0.25) is 4.79 Å². The summed E-state index contributed by atoms with van der Waals surface area (Å²) in [5, 5.41) is 7.71. The van der Waals surface area contributed by atoms with Crippen molar-refractivity contribution < 1.29 is 9.32 Å². The summed E-state index contributed by atoms with van der Waals surface area (Å²) in [6.07, 6.45) is 0.860. The number of aromatic nitrogens is 2. The maximum absolute atomic E-state index is 12.5. The van der Waals surface area contributed by atoms with Gasteiger partial charge in [0.05, 0.1) is 0 Å². The van der Waals surface area contributed by atoms with Crippen molar-refractivity contribution in [3.05, 3.63) is 71.1 Å². The highest BCUT2D eigenvalue weighted by Crippen LogP contribution is 2.26. The van der Waals surface area contributed by atoms with Crippen LogP contribution in [-0.2, 0) is 0 Å². The van der Waals surface area contributed by atoms with Crippen LogP contribution in [0.1, 0.15) is 42.6 Å². The van der Waals surface area contributed by atoms with E-state index in [0.29, 0.717) is 22.3 Å². The van der Waals surface area contributed by atoms with Gasteiger partial charge in [-0.15, -0.1) is 0 Å². The van der Waals surface area contributed by atoms with Crippen LogP contribution in [-0.4, -0.2) is 16.0 Å². The molecule has 0 saturated heterocycles. The van der Waals surface area contributed by atoms with Crippen LogP contribution in [0.4, 0.5) is 0 Å². The molecule has 3 rings (SSSR count). The van der Waals surface area contributed by atoms with E-state index in [1.807, 2.05) is 37.3 Å². The van der Waals surface area contributed by atoms with Gasteiger partial charge in [-0.2, -0.15) is 4.98 Å². The lowest BCUT2D eigenvalue weighted by Crippen LogP contribution is -2.32. The summed E-state index contributed by atoms with van der Waals surface area (Å²) in [6.45, 7) is 4.10. The third-order valence-electron chi connectivity index (χ3n) is 4.35. The topological polar surface area (TPSA) is 68.0 Å². The molecule has 3 aromatic rings. The zero-order valence-corrected chi connectivity index (χ0v) is 15.4. The van der Waals surface area contributed by atoms with Gasteiger partial charge in [-0.05, 0) is 42.3 Å². The van der Waals surface area contributed by atoms with Crippen LogP contribution in [0, 0.1) is 5.92 Å². The maximum Gasteiger partial charge on any atom is 0.251 e. The van der Waals surface area contributed by atoms with E-state index in [1.165, 1.54) is 0 Å². The summed E-state index contributed by atoms with van der Waals surface area (Å²) in [4.78, 5) is 17.0. The minimum Gasteiger partial charge on any atom is -0.340 e. The third-order valence-corrected chi connectivity index (χ3v) is 4.60. The normalized spacial score (nSPS) is 13.2. The van der Waals surface area contributed by atoms with Gasteiger partial charge in [0.15, 0.2) is 0 Å². The first-order valence-electron chi connectivity index (χ1n) is 8.54. The average molecular weight is 370 g/mol. The van der Waals surface area contributed by atoms with Crippen molar-refractivity contribution in [1.29, 1.82) is 0 Å². The van der Waals surface area contributed by atoms with Crippen LogP contribution >= 0.6 is 11.6 Å². The van der Waals surface area contributed by atoms with E-state index in [4.69, 9.17) is 16.1 Å². The monoisotopic (exact) mass is 369 g/mol. The van der Waals surface area contributed by atoms with Gasteiger partial charge in [0.25, 0.3) is 5.91 Å². The third kappa shape index (κ3) is 4.11. The van der Waals surface area contributed by atoms with Gasteiger partial charge in [-0.25, -0.2) is 0 Å². The summed E-state index contributed by atoms with van der Waals surface area (Å²) in [7, 11) is 0. The Hall–Kier alpha value is -2.66. The lowest BCUT2D eigenvalue weighted by molar-refractivity contribution is 0.0910. The fourth-order valence-corrected chi connectivity index (χ4v) is 2.70. The van der Waals surface area contributed by atoms with Gasteiger partial charge < -0.3 is 9.84 Å². The molecule has 1 aromatic heterocycles. The molecule has 5 nitrogen and oxygen atoms in total. The van der Waals surface area contributed by atoms with Crippen molar-refractivity contribution in [1.82, 2.24) is 15.5 Å². The summed E-state index contributed by atoms with van der Waals surface area (Å²) < 4.78 is 5.46. The summed E-state index contributed by atoms with van der Waals surface area (Å²) >= 11 is 5.92. The minimum absolute atomic E-state index is 0.140. The zero-order valence-electron chi connectivity index (χ0n) is 14.6. The Morgan fingerprint density at radius 3 is 2.50 bits per heavy atom. The standard InChI is InChI=1S/C20H20ClN3O2/c1-3-13(2)17(22-19(25)15-7-5-4-6-8-15)20-23-18(24-26-20)14-9-11-16(21)12-10-14/h4-13,17H,3H2,1-2H3,(H,22,25)/t13-,17-/m0/s1. The van der Waals surface area contributed by atoms with Crippen LogP contribution in [0.3, 0.4) is 0 Å². The van der Waals surface area contributed by atoms with E-state index in [1.54, 1.807) is 24.3 Å². The Kier molecular flexibility index (Phi) is 5.68. The fraction of sp³-hybridized carbons (Fsp3) is 0.250. The van der Waals surface area contributed by atoms with Gasteiger partial charge in [0.2, 0.25) is 11.7 Å². The SMILES string of the molecule is CC[C@H](C)[C@H](NC(=O)c1ccccc1)c1nc(-c2ccc(Cl)cc2)no1. The molecule has 134 valence electrons. The number of hydrogen-bond acceptors (Lipinski definition) is 4. The van der Waals surface area contributed by atoms with Crippen LogP contribution < -0.4 is 5.32 Å². The van der Waals surface area contributed by atoms with Crippen molar-refractivity contribution in [2.24, 2.45) is 5.92 Å². The highest BCUT2D eigenvalue weighted by Gasteiger charge is 2.26. The second-order valence-corrected chi connectivity index (χ2v) is 6.60. The summed E-state index contributed by atoms with van der Waals surface area (Å²) in [5.74, 6) is 0.843. The molecule has 1 N–H and O–H groups in total. The van der Waals surface area contributed by atoms with Crippen molar-refractivity contribution in [2.75, 3.05) is 0 Å². The van der Waals surface area contributed by atoms with E-state index in [2.05, 4.69) is 22.4 Å². The molecular formula is C20H20ClN3O2. The smallest absolute Gasteiger partial charge is 0.251 e. The summed E-state index contributed by atoms with van der Waals surface area (Å²) in [5.41, 5.74) is 1.40. The first kappa shape index (κ1) is 18.1. The van der Waals surface area contributed by atoms with Crippen LogP contribution in [0.25, 0.3) is 11.4 Å². The van der Waals surface area contributed by atoms with Gasteiger partial charge >= 0.3 is 0 Å². The number of carbonyl (C=O) groups is 1. The maximum atomic E-state index is 12.5. The van der Waals surface area contributed by atoms with Crippen molar-refractivity contribution in [3.8, 4) is 11.4 Å². The van der Waals surface area contributed by atoms with Crippen LogP contribution in [0.2, 0.25) is 5.02 Å². The molecule has 0 spiro atoms. The Morgan fingerprint density at radius 2 is 1.85 bits per heavy atom. The minimum atomic E-state index is -0.360. The van der Waals surface area contributed by atoms with E-state index < -0.39 is 0 Å². The molecule has 0 radical (unpaired) electrons. The van der Waals surface area contributed by atoms with Gasteiger partial charge in [-0.1, -0.05) is 55.2 Å². The van der Waals surface area contributed by atoms with Crippen molar-refractivity contribution in [2.45, 2.75) is 26.3 Å². The lowest BCUT2D eigenvalue weighted by Gasteiger charge is -2.20. The lowest BCUT2D eigenvalue weighted by atomic mass is 9.98. The molecule has 1 heterocycles. The highest BCUT2D eigenvalue weighted by molar-refractivity contribution is 6.30. The Balaban J connectivity index is 1.84. The molecule has 0 aliphatic rings. The number of nitrogens with one attached hydrogen (secondary N) is 1. The summed E-state index contributed by atoms with van der Waals surface area (Å²) in [6, 6.07) is 15.9. The average Bonchev–Trinajstić information content (AvgIpc) is 3.16. The first-order chi connectivity index (χ1) is 12.6. The van der Waals surface area contributed by atoms with Crippen molar-refractivity contribution in [3.63, 3.8) is 0 Å². The molecular weight excluding hydrogens is 350 g/mol. The molecule has 6 heteroatoms. The molecule has 1 amide bonds. The largest absolute Gasteiger partial charge is 0.340 e. The Labute approximate surface area is 157 Å². The molecule has 0 aliphatic carbocycles. The van der Waals surface area contributed by atoms with E-state index >= 15 is 0 Å². The van der Waals surface area contributed by atoms with Gasteiger partial charge in [0.1, 0.15) is 6.04 Å². The second kappa shape index (κ2) is 8.15.